The molecule has 1 aliphatic heterocycles. The number of sulfonamides is 1. The van der Waals surface area contributed by atoms with Gasteiger partial charge in [0.15, 0.2) is 0 Å². The fraction of sp³-hybridized carbons (Fsp3) is 0.333. The van der Waals surface area contributed by atoms with Crippen molar-refractivity contribution in [3.05, 3.63) is 28.8 Å². The molecule has 0 saturated carbocycles. The molecule has 1 saturated heterocycles. The molecule has 1 aliphatic rings. The quantitative estimate of drug-likeness (QED) is 0.906. The molecule has 0 amide bonds. The Morgan fingerprint density at radius 2 is 2.20 bits per heavy atom. The first-order valence-electron chi connectivity index (χ1n) is 5.79. The number of aliphatic carboxylic acids is 1. The number of nitriles is 1. The van der Waals surface area contributed by atoms with E-state index in [4.69, 9.17) is 22.0 Å². The highest BCUT2D eigenvalue weighted by atomic mass is 35.5. The van der Waals surface area contributed by atoms with E-state index in [-0.39, 0.29) is 35.0 Å². The number of rotatable bonds is 3. The Kier molecular flexibility index (Phi) is 3.99. The number of carbonyl (C=O) groups is 1. The number of carboxylic acids is 1. The van der Waals surface area contributed by atoms with E-state index in [1.165, 1.54) is 18.2 Å². The maximum absolute atomic E-state index is 12.4. The molecule has 0 aliphatic carbocycles. The van der Waals surface area contributed by atoms with Gasteiger partial charge in [0.05, 0.1) is 22.6 Å². The van der Waals surface area contributed by atoms with Crippen LogP contribution in [0.4, 0.5) is 0 Å². The zero-order valence-corrected chi connectivity index (χ0v) is 11.9. The Bertz CT molecular complexity index is 696. The van der Waals surface area contributed by atoms with Crippen LogP contribution in [-0.4, -0.2) is 36.9 Å². The summed E-state index contributed by atoms with van der Waals surface area (Å²) in [6.07, 6.45) is 0.280. The van der Waals surface area contributed by atoms with E-state index in [0.29, 0.717) is 0 Å². The Labute approximate surface area is 121 Å². The van der Waals surface area contributed by atoms with Crippen LogP contribution >= 0.6 is 11.6 Å². The molecular formula is C12H11ClN2O4S. The second-order valence-electron chi connectivity index (χ2n) is 4.44. The van der Waals surface area contributed by atoms with Crippen molar-refractivity contribution in [3.63, 3.8) is 0 Å². The third-order valence-electron chi connectivity index (χ3n) is 3.18. The molecule has 1 atom stereocenters. The molecule has 0 bridgehead atoms. The van der Waals surface area contributed by atoms with Crippen LogP contribution in [0.5, 0.6) is 0 Å². The van der Waals surface area contributed by atoms with E-state index in [2.05, 4.69) is 0 Å². The van der Waals surface area contributed by atoms with Crippen molar-refractivity contribution < 1.29 is 18.3 Å². The molecule has 0 aromatic heterocycles. The zero-order chi connectivity index (χ0) is 14.9. The first-order valence-corrected chi connectivity index (χ1v) is 7.60. The van der Waals surface area contributed by atoms with Crippen molar-refractivity contribution in [3.8, 4) is 6.07 Å². The van der Waals surface area contributed by atoms with E-state index in [1.807, 2.05) is 6.07 Å². The summed E-state index contributed by atoms with van der Waals surface area (Å²) in [5.41, 5.74) is 0.263. The molecule has 6 nitrogen and oxygen atoms in total. The Morgan fingerprint density at radius 1 is 1.50 bits per heavy atom. The summed E-state index contributed by atoms with van der Waals surface area (Å²) in [6, 6.07) is 5.78. The van der Waals surface area contributed by atoms with Gasteiger partial charge in [-0.2, -0.15) is 9.57 Å². The first-order chi connectivity index (χ1) is 9.36. The van der Waals surface area contributed by atoms with Gasteiger partial charge in [-0.25, -0.2) is 8.42 Å². The predicted molar refractivity (Wildman–Crippen MR) is 70.7 cm³/mol. The van der Waals surface area contributed by atoms with E-state index in [1.54, 1.807) is 0 Å². The van der Waals surface area contributed by atoms with Crippen molar-refractivity contribution in [1.29, 1.82) is 5.26 Å². The lowest BCUT2D eigenvalue weighted by Gasteiger charge is -2.16. The van der Waals surface area contributed by atoms with Gasteiger partial charge in [-0.15, -0.1) is 0 Å². The lowest BCUT2D eigenvalue weighted by Crippen LogP contribution is -2.30. The van der Waals surface area contributed by atoms with Gasteiger partial charge in [-0.3, -0.25) is 4.79 Å². The third-order valence-corrected chi connectivity index (χ3v) is 5.53. The summed E-state index contributed by atoms with van der Waals surface area (Å²) < 4.78 is 25.9. The summed E-state index contributed by atoms with van der Waals surface area (Å²) in [5, 5.41) is 17.6. The third kappa shape index (κ3) is 2.63. The fourth-order valence-corrected chi connectivity index (χ4v) is 4.09. The molecule has 0 unspecified atom stereocenters. The number of hydrogen-bond acceptors (Lipinski definition) is 4. The molecule has 0 spiro atoms. The van der Waals surface area contributed by atoms with Crippen LogP contribution in [0.15, 0.2) is 23.1 Å². The van der Waals surface area contributed by atoms with Crippen molar-refractivity contribution >= 4 is 27.6 Å². The second kappa shape index (κ2) is 5.40. The van der Waals surface area contributed by atoms with Gasteiger partial charge in [-0.05, 0) is 24.6 Å². The standard InChI is InChI=1S/C12H11ClN2O4S/c13-10-5-8(6-14)1-2-11(10)20(18,19)15-4-3-9(7-15)12(16)17/h1-2,5,9H,3-4,7H2,(H,16,17)/t9-/m1/s1. The highest BCUT2D eigenvalue weighted by Gasteiger charge is 2.36. The monoisotopic (exact) mass is 314 g/mol. The average Bonchev–Trinajstić information content (AvgIpc) is 2.88. The largest absolute Gasteiger partial charge is 0.481 e. The molecule has 2 rings (SSSR count). The van der Waals surface area contributed by atoms with Crippen molar-refractivity contribution in [2.24, 2.45) is 5.92 Å². The molecule has 8 heteroatoms. The average molecular weight is 315 g/mol. The van der Waals surface area contributed by atoms with Crippen molar-refractivity contribution in [2.45, 2.75) is 11.3 Å². The fourth-order valence-electron chi connectivity index (χ4n) is 2.07. The molecule has 0 radical (unpaired) electrons. The summed E-state index contributed by atoms with van der Waals surface area (Å²) in [4.78, 5) is 10.8. The summed E-state index contributed by atoms with van der Waals surface area (Å²) in [6.45, 7) is 0.0869. The molecular weight excluding hydrogens is 304 g/mol. The lowest BCUT2D eigenvalue weighted by molar-refractivity contribution is -0.141. The SMILES string of the molecule is N#Cc1ccc(S(=O)(=O)N2CC[C@@H](C(=O)O)C2)c(Cl)c1. The molecule has 1 fully saturated rings. The molecule has 1 N–H and O–H groups in total. The lowest BCUT2D eigenvalue weighted by atomic mass is 10.1. The zero-order valence-electron chi connectivity index (χ0n) is 10.3. The minimum absolute atomic E-state index is 0.0391. The first kappa shape index (κ1) is 14.8. The predicted octanol–water partition coefficient (Wildman–Crippen LogP) is 1.31. The highest BCUT2D eigenvalue weighted by Crippen LogP contribution is 2.29. The number of halogens is 1. The maximum atomic E-state index is 12.4. The van der Waals surface area contributed by atoms with Crippen LogP contribution in [0.25, 0.3) is 0 Å². The van der Waals surface area contributed by atoms with Gasteiger partial charge >= 0.3 is 5.97 Å². The van der Waals surface area contributed by atoms with E-state index >= 15 is 0 Å². The van der Waals surface area contributed by atoms with E-state index in [0.717, 1.165) is 4.31 Å². The smallest absolute Gasteiger partial charge is 0.307 e. The molecule has 106 valence electrons. The van der Waals surface area contributed by atoms with Gasteiger partial charge in [-0.1, -0.05) is 11.6 Å². The van der Waals surface area contributed by atoms with E-state index < -0.39 is 21.9 Å². The Balaban J connectivity index is 2.33. The number of carboxylic acid groups (broad SMARTS) is 1. The van der Waals surface area contributed by atoms with Crippen LogP contribution in [0.1, 0.15) is 12.0 Å². The second-order valence-corrected chi connectivity index (χ2v) is 6.76. The molecule has 1 aromatic carbocycles. The Morgan fingerprint density at radius 3 is 2.70 bits per heavy atom. The van der Waals surface area contributed by atoms with Gasteiger partial charge in [0.1, 0.15) is 4.90 Å². The van der Waals surface area contributed by atoms with Crippen molar-refractivity contribution in [2.75, 3.05) is 13.1 Å². The van der Waals surface area contributed by atoms with Crippen LogP contribution in [0.3, 0.4) is 0 Å². The summed E-state index contributed by atoms with van der Waals surface area (Å²) in [7, 11) is -3.83. The molecule has 1 heterocycles. The maximum Gasteiger partial charge on any atom is 0.307 e. The van der Waals surface area contributed by atoms with Crippen LogP contribution in [-0.2, 0) is 14.8 Å². The minimum Gasteiger partial charge on any atom is -0.481 e. The topological polar surface area (TPSA) is 98.5 Å². The summed E-state index contributed by atoms with van der Waals surface area (Å²) in [5.74, 6) is -1.70. The number of benzene rings is 1. The van der Waals surface area contributed by atoms with Crippen LogP contribution in [0, 0.1) is 17.2 Å². The van der Waals surface area contributed by atoms with E-state index in [9.17, 15) is 13.2 Å². The van der Waals surface area contributed by atoms with Gasteiger partial charge < -0.3 is 5.11 Å². The molecule has 1 aromatic rings. The molecule has 20 heavy (non-hydrogen) atoms. The van der Waals surface area contributed by atoms with Crippen LogP contribution < -0.4 is 0 Å². The highest BCUT2D eigenvalue weighted by molar-refractivity contribution is 7.89. The van der Waals surface area contributed by atoms with Gasteiger partial charge in [0.2, 0.25) is 10.0 Å². The number of nitrogens with zero attached hydrogens (tertiary/aromatic N) is 2. The minimum atomic E-state index is -3.83. The van der Waals surface area contributed by atoms with Gasteiger partial charge in [0.25, 0.3) is 0 Å². The van der Waals surface area contributed by atoms with Gasteiger partial charge in [0, 0.05) is 13.1 Å². The van der Waals surface area contributed by atoms with Crippen LogP contribution in [0.2, 0.25) is 5.02 Å². The normalized spacial score (nSPS) is 19.7. The summed E-state index contributed by atoms with van der Waals surface area (Å²) >= 11 is 5.90. The Hall–Kier alpha value is -1.62. The van der Waals surface area contributed by atoms with Crippen molar-refractivity contribution in [1.82, 2.24) is 4.31 Å². The number of hydrogen-bond donors (Lipinski definition) is 1.